The predicted octanol–water partition coefficient (Wildman–Crippen LogP) is 6.13. The molecule has 4 rings (SSSR count). The summed E-state index contributed by atoms with van der Waals surface area (Å²) in [6.07, 6.45) is 5.31. The van der Waals surface area contributed by atoms with E-state index in [0.29, 0.717) is 24.5 Å². The number of likely N-dealkylation sites (N-methyl/N-ethyl adjacent to an activating group) is 1. The van der Waals surface area contributed by atoms with Crippen LogP contribution in [0.1, 0.15) is 44.1 Å². The Balaban J connectivity index is 1.81. The Morgan fingerprint density at radius 1 is 1.22 bits per heavy atom. The average Bonchev–Trinajstić information content (AvgIpc) is 2.83. The van der Waals surface area contributed by atoms with Crippen molar-refractivity contribution < 1.29 is 19.0 Å². The van der Waals surface area contributed by atoms with Gasteiger partial charge in [0, 0.05) is 29.3 Å². The molecule has 5 nitrogen and oxygen atoms in total. The van der Waals surface area contributed by atoms with E-state index in [1.54, 1.807) is 23.8 Å². The van der Waals surface area contributed by atoms with Crippen LogP contribution in [0, 0.1) is 0 Å². The highest BCUT2D eigenvalue weighted by Crippen LogP contribution is 2.55. The molecule has 1 saturated heterocycles. The highest BCUT2D eigenvalue weighted by Gasteiger charge is 2.49. The van der Waals surface area contributed by atoms with Crippen LogP contribution in [-0.2, 0) is 14.3 Å². The second-order valence-corrected chi connectivity index (χ2v) is 10.3. The van der Waals surface area contributed by atoms with Crippen LogP contribution >= 0.6 is 27.7 Å². The Bertz CT molecular complexity index is 949. The summed E-state index contributed by atoms with van der Waals surface area (Å²) in [4.78, 5) is 16.9. The minimum atomic E-state index is -0.802. The number of unbranched alkanes of at least 4 members (excludes halogenated alkanes) is 1. The number of benzene rings is 2. The Morgan fingerprint density at radius 3 is 2.81 bits per heavy atom. The molecule has 0 saturated carbocycles. The molecule has 0 aliphatic carbocycles. The van der Waals surface area contributed by atoms with Crippen LogP contribution in [0.4, 0.5) is 5.69 Å². The minimum absolute atomic E-state index is 0.0680. The van der Waals surface area contributed by atoms with E-state index < -0.39 is 4.75 Å². The molecule has 1 fully saturated rings. The molecule has 2 unspecified atom stereocenters. The number of halogens is 1. The summed E-state index contributed by atoms with van der Waals surface area (Å²) in [5.41, 5.74) is 1.80. The zero-order chi connectivity index (χ0) is 22.6. The number of anilines is 1. The van der Waals surface area contributed by atoms with E-state index in [-0.39, 0.29) is 12.2 Å². The van der Waals surface area contributed by atoms with Crippen molar-refractivity contribution in [2.24, 2.45) is 0 Å². The molecule has 2 aromatic rings. The maximum Gasteiger partial charge on any atom is 0.248 e. The van der Waals surface area contributed by atoms with Crippen LogP contribution in [0.15, 0.2) is 47.4 Å². The minimum Gasteiger partial charge on any atom is -0.497 e. The van der Waals surface area contributed by atoms with Gasteiger partial charge < -0.3 is 19.1 Å². The SMILES string of the molecule is COc1ccc(OC2CCCCO2)c(C2(CCCCBr)Sc3ccccc3N(C)C2=O)c1. The fourth-order valence-corrected chi connectivity index (χ4v) is 6.33. The summed E-state index contributed by atoms with van der Waals surface area (Å²) >= 11 is 5.17. The first-order valence-electron chi connectivity index (χ1n) is 11.2. The third-order valence-electron chi connectivity index (χ3n) is 6.09. The number of nitrogens with zero attached hydrogens (tertiary/aromatic N) is 1. The van der Waals surface area contributed by atoms with Crippen molar-refractivity contribution in [3.05, 3.63) is 48.0 Å². The van der Waals surface area contributed by atoms with E-state index in [1.807, 2.05) is 43.4 Å². The molecule has 0 N–H and O–H groups in total. The van der Waals surface area contributed by atoms with Crippen molar-refractivity contribution in [1.82, 2.24) is 0 Å². The molecular weight excluding hydrogens is 490 g/mol. The van der Waals surface area contributed by atoms with Crippen LogP contribution in [0.2, 0.25) is 0 Å². The lowest BCUT2D eigenvalue weighted by atomic mass is 9.89. The van der Waals surface area contributed by atoms with Crippen LogP contribution in [0.5, 0.6) is 11.5 Å². The fourth-order valence-electron chi connectivity index (χ4n) is 4.36. The predicted molar refractivity (Wildman–Crippen MR) is 132 cm³/mol. The van der Waals surface area contributed by atoms with E-state index in [0.717, 1.165) is 53.6 Å². The van der Waals surface area contributed by atoms with Gasteiger partial charge >= 0.3 is 0 Å². The number of carbonyl (C=O) groups excluding carboxylic acids is 1. The van der Waals surface area contributed by atoms with Gasteiger partial charge in [-0.3, -0.25) is 4.79 Å². The lowest BCUT2D eigenvalue weighted by molar-refractivity contribution is -0.122. The number of hydrogen-bond acceptors (Lipinski definition) is 5. The second kappa shape index (κ2) is 10.5. The molecule has 2 aromatic carbocycles. The van der Waals surface area contributed by atoms with Crippen LogP contribution in [0.25, 0.3) is 0 Å². The summed E-state index contributed by atoms with van der Waals surface area (Å²) in [5, 5.41) is 0.908. The van der Waals surface area contributed by atoms with Gasteiger partial charge in [0.2, 0.25) is 5.91 Å². The quantitative estimate of drug-likeness (QED) is 0.310. The largest absolute Gasteiger partial charge is 0.497 e. The van der Waals surface area contributed by atoms with Crippen molar-refractivity contribution in [2.75, 3.05) is 31.0 Å². The van der Waals surface area contributed by atoms with Crippen molar-refractivity contribution in [2.45, 2.75) is 54.5 Å². The number of para-hydroxylation sites is 1. The maximum atomic E-state index is 14.0. The number of alkyl halides is 1. The lowest BCUT2D eigenvalue weighted by Crippen LogP contribution is -2.46. The van der Waals surface area contributed by atoms with Gasteiger partial charge in [-0.2, -0.15) is 0 Å². The number of hydrogen-bond donors (Lipinski definition) is 0. The highest BCUT2D eigenvalue weighted by molar-refractivity contribution is 9.09. The smallest absolute Gasteiger partial charge is 0.248 e. The molecule has 2 heterocycles. The molecule has 172 valence electrons. The molecule has 2 aliphatic rings. The van der Waals surface area contributed by atoms with Gasteiger partial charge in [-0.1, -0.05) is 34.5 Å². The first-order chi connectivity index (χ1) is 15.6. The molecule has 0 spiro atoms. The van der Waals surface area contributed by atoms with E-state index in [1.165, 1.54) is 0 Å². The summed E-state index contributed by atoms with van der Waals surface area (Å²) in [6, 6.07) is 13.9. The Morgan fingerprint density at radius 2 is 2.06 bits per heavy atom. The average molecular weight is 520 g/mol. The number of carbonyl (C=O) groups is 1. The van der Waals surface area contributed by atoms with E-state index in [2.05, 4.69) is 22.0 Å². The number of ether oxygens (including phenoxy) is 3. The van der Waals surface area contributed by atoms with Gasteiger partial charge in [0.05, 0.1) is 19.4 Å². The standard InChI is InChI=1S/C25H30BrNO4S/c1-27-20-9-3-4-10-22(20)32-25(24(27)28,14-6-7-15-26)19-17-18(29-2)12-13-21(19)31-23-11-5-8-16-30-23/h3-4,9-10,12-13,17,23H,5-8,11,14-16H2,1-2H3. The number of methoxy groups -OCH3 is 1. The van der Waals surface area contributed by atoms with Crippen LogP contribution < -0.4 is 14.4 Å². The molecular formula is C25H30BrNO4S. The van der Waals surface area contributed by atoms with E-state index >= 15 is 0 Å². The number of rotatable bonds is 8. The molecule has 0 radical (unpaired) electrons. The van der Waals surface area contributed by atoms with Crippen molar-refractivity contribution in [3.8, 4) is 11.5 Å². The summed E-state index contributed by atoms with van der Waals surface area (Å²) in [6.45, 7) is 0.705. The molecule has 2 atom stereocenters. The Hall–Kier alpha value is -1.70. The fraction of sp³-hybridized carbons (Fsp3) is 0.480. The van der Waals surface area contributed by atoms with Gasteiger partial charge in [0.15, 0.2) is 6.29 Å². The highest BCUT2D eigenvalue weighted by atomic mass is 79.9. The first-order valence-corrected chi connectivity index (χ1v) is 13.1. The normalized spacial score (nSPS) is 23.0. The van der Waals surface area contributed by atoms with Gasteiger partial charge in [-0.05, 0) is 56.0 Å². The van der Waals surface area contributed by atoms with Crippen LogP contribution in [0.3, 0.4) is 0 Å². The van der Waals surface area contributed by atoms with E-state index in [4.69, 9.17) is 14.2 Å². The third kappa shape index (κ3) is 4.66. The lowest BCUT2D eigenvalue weighted by Gasteiger charge is -2.42. The van der Waals surface area contributed by atoms with Crippen molar-refractivity contribution in [3.63, 3.8) is 0 Å². The molecule has 0 aromatic heterocycles. The van der Waals surface area contributed by atoms with Gasteiger partial charge in [0.1, 0.15) is 16.2 Å². The Kier molecular flexibility index (Phi) is 7.69. The number of thioether (sulfide) groups is 1. The monoisotopic (exact) mass is 519 g/mol. The topological polar surface area (TPSA) is 48.0 Å². The summed E-state index contributed by atoms with van der Waals surface area (Å²) in [5.74, 6) is 1.48. The van der Waals surface area contributed by atoms with Gasteiger partial charge in [-0.25, -0.2) is 0 Å². The second-order valence-electron chi connectivity index (χ2n) is 8.18. The molecule has 0 bridgehead atoms. The van der Waals surface area contributed by atoms with Crippen molar-refractivity contribution in [1.29, 1.82) is 0 Å². The molecule has 7 heteroatoms. The Labute approximate surface area is 202 Å². The number of fused-ring (bicyclic) bond motifs is 1. The number of amides is 1. The van der Waals surface area contributed by atoms with Gasteiger partial charge in [-0.15, -0.1) is 11.8 Å². The first kappa shape index (κ1) is 23.5. The zero-order valence-corrected chi connectivity index (χ0v) is 21.0. The van der Waals surface area contributed by atoms with Crippen molar-refractivity contribution >= 4 is 39.3 Å². The maximum absolute atomic E-state index is 14.0. The molecule has 2 aliphatic heterocycles. The molecule has 32 heavy (non-hydrogen) atoms. The van der Waals surface area contributed by atoms with Gasteiger partial charge in [0.25, 0.3) is 0 Å². The molecule has 1 amide bonds. The van der Waals surface area contributed by atoms with Crippen LogP contribution in [-0.4, -0.2) is 38.3 Å². The van der Waals surface area contributed by atoms with E-state index in [9.17, 15) is 4.79 Å². The summed E-state index contributed by atoms with van der Waals surface area (Å²) < 4.78 is 17.0. The zero-order valence-electron chi connectivity index (χ0n) is 18.6. The third-order valence-corrected chi connectivity index (χ3v) is 8.16. The summed E-state index contributed by atoms with van der Waals surface area (Å²) in [7, 11) is 3.52.